The molecule has 2 aromatic rings. The Morgan fingerprint density at radius 1 is 1.55 bits per heavy atom. The predicted molar refractivity (Wildman–Crippen MR) is 82.3 cm³/mol. The van der Waals surface area contributed by atoms with Crippen LogP contribution in [0.25, 0.3) is 0 Å². The minimum atomic E-state index is -0.663. The first-order valence-electron chi connectivity index (χ1n) is 5.08. The molecular weight excluding hydrogens is 445 g/mol. The molecule has 8 nitrogen and oxygen atoms in total. The number of benzene rings is 1. The number of amides is 1. The number of carbonyl (C=O) groups is 1. The molecule has 0 atom stereocenters. The molecule has 1 heterocycles. The molecule has 0 saturated carbocycles. The summed E-state index contributed by atoms with van der Waals surface area (Å²) in [7, 11) is 0. The fraction of sp³-hybridized carbons (Fsp3) is 0. The van der Waals surface area contributed by atoms with Gasteiger partial charge in [-0.2, -0.15) is 5.10 Å². The van der Waals surface area contributed by atoms with Gasteiger partial charge in [-0.05, 0) is 45.0 Å². The van der Waals surface area contributed by atoms with Gasteiger partial charge in [0.25, 0.3) is 5.91 Å². The minimum Gasteiger partial charge on any atom is -0.506 e. The third-order valence-corrected chi connectivity index (χ3v) is 3.44. The van der Waals surface area contributed by atoms with Crippen LogP contribution in [-0.4, -0.2) is 27.5 Å². The van der Waals surface area contributed by atoms with Gasteiger partial charge in [0.15, 0.2) is 0 Å². The molecule has 1 aromatic carbocycles. The number of hydrogen-bond donors (Lipinski definition) is 3. The number of nitrogens with two attached hydrogens (primary N) is 1. The van der Waals surface area contributed by atoms with Gasteiger partial charge >= 0.3 is 0 Å². The third-order valence-electron chi connectivity index (χ3n) is 2.16. The summed E-state index contributed by atoms with van der Waals surface area (Å²) < 4.78 is 5.72. The molecule has 0 aliphatic rings. The van der Waals surface area contributed by atoms with Crippen LogP contribution in [0.4, 0.5) is 5.82 Å². The van der Waals surface area contributed by atoms with Crippen LogP contribution in [0.5, 0.6) is 5.75 Å². The van der Waals surface area contributed by atoms with E-state index in [9.17, 15) is 9.90 Å². The summed E-state index contributed by atoms with van der Waals surface area (Å²) >= 11 is 5.27. The lowest BCUT2D eigenvalue weighted by Crippen LogP contribution is -2.19. The number of aromatic nitrogens is 2. The number of anilines is 1. The molecule has 10 heteroatoms. The number of nitrogens with one attached hydrogen (secondary N) is 1. The van der Waals surface area contributed by atoms with Gasteiger partial charge in [-0.3, -0.25) is 4.79 Å². The molecule has 1 aromatic heterocycles. The van der Waals surface area contributed by atoms with Crippen LogP contribution in [0.2, 0.25) is 0 Å². The number of aromatic hydroxyl groups is 1. The van der Waals surface area contributed by atoms with Crippen LogP contribution >= 0.6 is 38.5 Å². The zero-order chi connectivity index (χ0) is 14.7. The standard InChI is InChI=1S/C10H7BrIN5O3/c11-5-1-4(8(18)6(12)2-5)3-14-15-10(19)7-9(13)17-20-16-7/h1-3,18H,(H2,13,17)(H,15,19)/b14-3-. The predicted octanol–water partition coefficient (Wildman–Crippen LogP) is 1.49. The van der Waals surface area contributed by atoms with Crippen molar-refractivity contribution in [2.24, 2.45) is 5.10 Å². The van der Waals surface area contributed by atoms with Gasteiger partial charge in [0.05, 0.1) is 9.78 Å². The van der Waals surface area contributed by atoms with Gasteiger partial charge in [0.2, 0.25) is 11.5 Å². The molecule has 0 aliphatic heterocycles. The second-order valence-corrected chi connectivity index (χ2v) is 5.60. The minimum absolute atomic E-state index is 0.0643. The summed E-state index contributed by atoms with van der Waals surface area (Å²) in [5.41, 5.74) is 7.84. The van der Waals surface area contributed by atoms with Crippen LogP contribution in [0, 0.1) is 3.57 Å². The molecule has 0 unspecified atom stereocenters. The molecule has 4 N–H and O–H groups in total. The number of phenolic OH excluding ortho intramolecular Hbond substituents is 1. The molecule has 2 rings (SSSR count). The van der Waals surface area contributed by atoms with Crippen LogP contribution in [0.1, 0.15) is 16.1 Å². The van der Waals surface area contributed by atoms with Crippen molar-refractivity contribution >= 4 is 56.5 Å². The van der Waals surface area contributed by atoms with Crippen LogP contribution < -0.4 is 11.2 Å². The average molecular weight is 452 g/mol. The fourth-order valence-electron chi connectivity index (χ4n) is 1.25. The number of carbonyl (C=O) groups excluding carboxylic acids is 1. The first-order valence-corrected chi connectivity index (χ1v) is 6.95. The zero-order valence-electron chi connectivity index (χ0n) is 9.67. The Bertz CT molecular complexity index is 688. The molecule has 0 aliphatic carbocycles. The lowest BCUT2D eigenvalue weighted by Gasteiger charge is -2.02. The number of rotatable bonds is 3. The Hall–Kier alpha value is -1.69. The van der Waals surface area contributed by atoms with Gasteiger partial charge in [0, 0.05) is 10.0 Å². The Labute approximate surface area is 134 Å². The van der Waals surface area contributed by atoms with E-state index in [0.717, 1.165) is 4.47 Å². The normalized spacial score (nSPS) is 10.9. The van der Waals surface area contributed by atoms with Crippen LogP contribution in [0.3, 0.4) is 0 Å². The molecule has 0 bridgehead atoms. The second kappa shape index (κ2) is 6.17. The van der Waals surface area contributed by atoms with Crippen molar-refractivity contribution in [1.29, 1.82) is 0 Å². The van der Waals surface area contributed by atoms with E-state index in [2.05, 4.69) is 41.4 Å². The summed E-state index contributed by atoms with van der Waals surface area (Å²) in [6.07, 6.45) is 1.30. The Morgan fingerprint density at radius 3 is 2.95 bits per heavy atom. The summed E-state index contributed by atoms with van der Waals surface area (Å²) in [6.45, 7) is 0. The van der Waals surface area contributed by atoms with Gasteiger partial charge in [-0.15, -0.1) is 0 Å². The molecule has 104 valence electrons. The number of hydrazone groups is 1. The topological polar surface area (TPSA) is 127 Å². The van der Waals surface area contributed by atoms with Crippen molar-refractivity contribution in [2.45, 2.75) is 0 Å². The molecule has 20 heavy (non-hydrogen) atoms. The van der Waals surface area contributed by atoms with E-state index in [-0.39, 0.29) is 17.3 Å². The Kier molecular flexibility index (Phi) is 4.54. The summed E-state index contributed by atoms with van der Waals surface area (Å²) in [5, 5.41) is 20.1. The fourth-order valence-corrected chi connectivity index (χ4v) is 2.80. The van der Waals surface area contributed by atoms with E-state index in [1.54, 1.807) is 12.1 Å². The van der Waals surface area contributed by atoms with Gasteiger partial charge in [0.1, 0.15) is 5.75 Å². The van der Waals surface area contributed by atoms with Crippen molar-refractivity contribution in [3.8, 4) is 5.75 Å². The maximum absolute atomic E-state index is 11.6. The molecule has 0 spiro atoms. The van der Waals surface area contributed by atoms with Crippen molar-refractivity contribution in [2.75, 3.05) is 5.73 Å². The SMILES string of the molecule is Nc1nonc1C(=O)N/N=C\c1cc(Br)cc(I)c1O. The van der Waals surface area contributed by atoms with E-state index in [4.69, 9.17) is 5.73 Å². The monoisotopic (exact) mass is 451 g/mol. The highest BCUT2D eigenvalue weighted by Gasteiger charge is 2.15. The smallest absolute Gasteiger partial charge is 0.297 e. The Morgan fingerprint density at radius 2 is 2.30 bits per heavy atom. The second-order valence-electron chi connectivity index (χ2n) is 3.52. The zero-order valence-corrected chi connectivity index (χ0v) is 13.4. The van der Waals surface area contributed by atoms with E-state index >= 15 is 0 Å². The van der Waals surface area contributed by atoms with Gasteiger partial charge in [-0.1, -0.05) is 15.9 Å². The van der Waals surface area contributed by atoms with Crippen molar-refractivity contribution < 1.29 is 14.5 Å². The van der Waals surface area contributed by atoms with Gasteiger partial charge in [-0.25, -0.2) is 10.1 Å². The van der Waals surface area contributed by atoms with E-state index in [0.29, 0.717) is 9.13 Å². The summed E-state index contributed by atoms with van der Waals surface area (Å²) in [4.78, 5) is 11.6. The van der Waals surface area contributed by atoms with Crippen molar-refractivity contribution in [1.82, 2.24) is 15.7 Å². The molecular formula is C10H7BrIN5O3. The quantitative estimate of drug-likeness (QED) is 0.368. The number of nitrogen functional groups attached to an aromatic ring is 1. The molecule has 1 amide bonds. The van der Waals surface area contributed by atoms with Crippen LogP contribution in [0.15, 0.2) is 26.3 Å². The molecule has 0 fully saturated rings. The highest BCUT2D eigenvalue weighted by molar-refractivity contribution is 14.1. The van der Waals surface area contributed by atoms with Crippen LogP contribution in [-0.2, 0) is 0 Å². The number of nitrogens with zero attached hydrogens (tertiary/aromatic N) is 3. The lowest BCUT2D eigenvalue weighted by atomic mass is 10.2. The average Bonchev–Trinajstić information content (AvgIpc) is 2.81. The first kappa shape index (κ1) is 14.7. The Balaban J connectivity index is 2.11. The van der Waals surface area contributed by atoms with Gasteiger partial charge < -0.3 is 10.8 Å². The van der Waals surface area contributed by atoms with Crippen molar-refractivity contribution in [3.05, 3.63) is 31.4 Å². The number of phenols is 1. The number of halogens is 2. The molecule has 0 saturated heterocycles. The first-order chi connectivity index (χ1) is 9.49. The maximum atomic E-state index is 11.6. The lowest BCUT2D eigenvalue weighted by molar-refractivity contribution is 0.0946. The summed E-state index contributed by atoms with van der Waals surface area (Å²) in [6, 6.07) is 3.40. The van der Waals surface area contributed by atoms with Crippen molar-refractivity contribution in [3.63, 3.8) is 0 Å². The largest absolute Gasteiger partial charge is 0.506 e. The highest BCUT2D eigenvalue weighted by atomic mass is 127. The third kappa shape index (κ3) is 3.25. The maximum Gasteiger partial charge on any atom is 0.297 e. The molecule has 0 radical (unpaired) electrons. The number of hydrogen-bond acceptors (Lipinski definition) is 7. The van der Waals surface area contributed by atoms with E-state index in [1.807, 2.05) is 22.6 Å². The summed E-state index contributed by atoms with van der Waals surface area (Å²) in [5.74, 6) is -0.726. The van der Waals surface area contributed by atoms with E-state index in [1.165, 1.54) is 6.21 Å². The highest BCUT2D eigenvalue weighted by Crippen LogP contribution is 2.27. The van der Waals surface area contributed by atoms with E-state index < -0.39 is 5.91 Å².